The molecular weight excluding hydrogens is 354 g/mol. The average Bonchev–Trinajstić information content (AvgIpc) is 3.34. The number of rotatable bonds is 5. The number of hydrogen-bond donors (Lipinski definition) is 1. The monoisotopic (exact) mass is 375 g/mol. The van der Waals surface area contributed by atoms with E-state index in [1.807, 2.05) is 13.0 Å². The predicted molar refractivity (Wildman–Crippen MR) is 95.8 cm³/mol. The van der Waals surface area contributed by atoms with Gasteiger partial charge in [0.05, 0.1) is 35.0 Å². The maximum Gasteiger partial charge on any atom is 0.228 e. The number of hydrogen-bond acceptors (Lipinski definition) is 5. The number of benzene rings is 1. The summed E-state index contributed by atoms with van der Waals surface area (Å²) in [6.07, 6.45) is 0.936. The molecule has 1 N–H and O–H groups in total. The van der Waals surface area contributed by atoms with E-state index in [1.165, 1.54) is 0 Å². The molecule has 0 radical (unpaired) electrons. The first kappa shape index (κ1) is 18.4. The highest BCUT2D eigenvalue weighted by Gasteiger charge is 2.50. The molecule has 26 heavy (non-hydrogen) atoms. The van der Waals surface area contributed by atoms with Crippen molar-refractivity contribution in [2.45, 2.75) is 25.8 Å². The first-order chi connectivity index (χ1) is 12.3. The predicted octanol–water partition coefficient (Wildman–Crippen LogP) is 1.17. The maximum atomic E-state index is 12.7. The van der Waals surface area contributed by atoms with Gasteiger partial charge in [-0.25, -0.2) is 8.42 Å². The van der Waals surface area contributed by atoms with Crippen LogP contribution in [-0.2, 0) is 19.4 Å². The molecule has 8 heteroatoms. The van der Waals surface area contributed by atoms with Crippen molar-refractivity contribution in [2.24, 2.45) is 11.8 Å². The Bertz CT molecular complexity index is 875. The molecule has 138 valence electrons. The molecule has 3 rings (SSSR count). The smallest absolute Gasteiger partial charge is 0.228 e. The number of nitriles is 1. The van der Waals surface area contributed by atoms with E-state index >= 15 is 0 Å². The second-order valence-electron chi connectivity index (χ2n) is 6.81. The van der Waals surface area contributed by atoms with E-state index in [-0.39, 0.29) is 29.4 Å². The molecule has 7 nitrogen and oxygen atoms in total. The van der Waals surface area contributed by atoms with Gasteiger partial charge in [0.2, 0.25) is 11.8 Å². The van der Waals surface area contributed by atoms with Crippen LogP contribution in [0.2, 0.25) is 0 Å². The molecule has 2 amide bonds. The van der Waals surface area contributed by atoms with E-state index in [4.69, 9.17) is 5.26 Å². The van der Waals surface area contributed by atoms with Crippen molar-refractivity contribution in [3.8, 4) is 6.07 Å². The minimum atomic E-state index is -3.07. The normalized spacial score (nSPS) is 25.9. The van der Waals surface area contributed by atoms with Gasteiger partial charge < -0.3 is 10.2 Å². The number of nitrogens with one attached hydrogen (secondary N) is 1. The van der Waals surface area contributed by atoms with E-state index in [9.17, 15) is 18.0 Å². The van der Waals surface area contributed by atoms with Crippen molar-refractivity contribution < 1.29 is 18.0 Å². The highest BCUT2D eigenvalue weighted by molar-refractivity contribution is 7.91. The first-order valence-corrected chi connectivity index (χ1v) is 10.5. The summed E-state index contributed by atoms with van der Waals surface area (Å²) in [5.74, 6) is -1.05. The number of carbonyl (C=O) groups excluding carboxylic acids is 2. The Morgan fingerprint density at radius 3 is 2.73 bits per heavy atom. The molecule has 1 saturated heterocycles. The quantitative estimate of drug-likeness (QED) is 0.831. The van der Waals surface area contributed by atoms with Crippen LogP contribution in [0.25, 0.3) is 0 Å². The molecule has 0 spiro atoms. The molecule has 2 fully saturated rings. The van der Waals surface area contributed by atoms with E-state index < -0.39 is 21.7 Å². The molecule has 1 saturated carbocycles. The summed E-state index contributed by atoms with van der Waals surface area (Å²) >= 11 is 0. The fourth-order valence-electron chi connectivity index (χ4n) is 3.49. The number of amides is 2. The number of carbonyl (C=O) groups is 2. The van der Waals surface area contributed by atoms with Crippen molar-refractivity contribution in [1.82, 2.24) is 4.90 Å². The zero-order chi connectivity index (χ0) is 18.9. The molecule has 1 aromatic rings. The van der Waals surface area contributed by atoms with Crippen LogP contribution >= 0.6 is 0 Å². The Labute approximate surface area is 152 Å². The zero-order valence-corrected chi connectivity index (χ0v) is 15.3. The van der Waals surface area contributed by atoms with Gasteiger partial charge >= 0.3 is 0 Å². The van der Waals surface area contributed by atoms with E-state index in [1.54, 1.807) is 29.2 Å². The molecule has 1 heterocycles. The summed E-state index contributed by atoms with van der Waals surface area (Å²) in [5.41, 5.74) is 0.979. The molecule has 1 aromatic carbocycles. The highest BCUT2D eigenvalue weighted by Crippen LogP contribution is 2.41. The number of nitrogens with zero attached hydrogens (tertiary/aromatic N) is 2. The standard InChI is InChI=1S/C18H21N3O4S/c1-2-21(14-6-7-26(24,25)11-14)18(23)16-9-15(16)17(22)20-13-5-3-4-12(8-13)10-19/h3-5,8,14-16H,2,6-7,9,11H2,1H3,(H,20,22). The van der Waals surface area contributed by atoms with Gasteiger partial charge in [0, 0.05) is 18.3 Å². The average molecular weight is 375 g/mol. The summed E-state index contributed by atoms with van der Waals surface area (Å²) < 4.78 is 23.3. The molecule has 2 aliphatic rings. The molecule has 3 atom stereocenters. The van der Waals surface area contributed by atoms with Crippen LogP contribution in [-0.4, -0.2) is 49.2 Å². The van der Waals surface area contributed by atoms with Gasteiger partial charge in [-0.15, -0.1) is 0 Å². The molecule has 0 aromatic heterocycles. The second kappa shape index (κ2) is 7.08. The van der Waals surface area contributed by atoms with Gasteiger partial charge in [0.25, 0.3) is 0 Å². The van der Waals surface area contributed by atoms with Gasteiger partial charge in [-0.1, -0.05) is 6.07 Å². The van der Waals surface area contributed by atoms with E-state index in [0.717, 1.165) is 0 Å². The van der Waals surface area contributed by atoms with Crippen LogP contribution in [0.15, 0.2) is 24.3 Å². The molecule has 1 aliphatic carbocycles. The van der Waals surface area contributed by atoms with Crippen molar-refractivity contribution in [3.63, 3.8) is 0 Å². The van der Waals surface area contributed by atoms with Crippen LogP contribution in [0, 0.1) is 23.2 Å². The van der Waals surface area contributed by atoms with Gasteiger partial charge in [0.15, 0.2) is 9.84 Å². The maximum absolute atomic E-state index is 12.7. The van der Waals surface area contributed by atoms with Crippen molar-refractivity contribution in [1.29, 1.82) is 5.26 Å². The van der Waals surface area contributed by atoms with E-state index in [0.29, 0.717) is 30.6 Å². The third kappa shape index (κ3) is 3.88. The molecule has 1 aliphatic heterocycles. The van der Waals surface area contributed by atoms with Crippen molar-refractivity contribution in [3.05, 3.63) is 29.8 Å². The van der Waals surface area contributed by atoms with Crippen LogP contribution in [0.4, 0.5) is 5.69 Å². The number of anilines is 1. The summed E-state index contributed by atoms with van der Waals surface area (Å²) in [4.78, 5) is 26.7. The summed E-state index contributed by atoms with van der Waals surface area (Å²) in [7, 11) is -3.07. The Kier molecular flexibility index (Phi) is 5.01. The van der Waals surface area contributed by atoms with Gasteiger partial charge in [-0.2, -0.15) is 5.26 Å². The SMILES string of the molecule is CCN(C(=O)C1CC1C(=O)Nc1cccc(C#N)c1)C1CCS(=O)(=O)C1. The minimum absolute atomic E-state index is 0.0110. The zero-order valence-electron chi connectivity index (χ0n) is 14.5. The lowest BCUT2D eigenvalue weighted by Gasteiger charge is -2.27. The third-order valence-corrected chi connectivity index (χ3v) is 6.73. The lowest BCUT2D eigenvalue weighted by Crippen LogP contribution is -2.42. The number of sulfone groups is 1. The van der Waals surface area contributed by atoms with Crippen molar-refractivity contribution in [2.75, 3.05) is 23.4 Å². The highest BCUT2D eigenvalue weighted by atomic mass is 32.2. The minimum Gasteiger partial charge on any atom is -0.339 e. The largest absolute Gasteiger partial charge is 0.339 e. The summed E-state index contributed by atoms with van der Waals surface area (Å²) in [6, 6.07) is 8.34. The van der Waals surface area contributed by atoms with Crippen molar-refractivity contribution >= 4 is 27.3 Å². The fraction of sp³-hybridized carbons (Fsp3) is 0.500. The van der Waals surface area contributed by atoms with Gasteiger partial charge in [-0.05, 0) is 38.0 Å². The molecule has 0 bridgehead atoms. The summed E-state index contributed by atoms with van der Waals surface area (Å²) in [5, 5.41) is 11.7. The van der Waals surface area contributed by atoms with Gasteiger partial charge in [0.1, 0.15) is 0 Å². The van der Waals surface area contributed by atoms with Crippen LogP contribution in [0.1, 0.15) is 25.3 Å². The van der Waals surface area contributed by atoms with Crippen LogP contribution in [0.5, 0.6) is 0 Å². The molecular formula is C18H21N3O4S. The van der Waals surface area contributed by atoms with Crippen LogP contribution < -0.4 is 5.32 Å². The third-order valence-electron chi connectivity index (χ3n) is 4.98. The van der Waals surface area contributed by atoms with E-state index in [2.05, 4.69) is 5.32 Å². The lowest BCUT2D eigenvalue weighted by molar-refractivity contribution is -0.135. The van der Waals surface area contributed by atoms with Gasteiger partial charge in [-0.3, -0.25) is 9.59 Å². The fourth-order valence-corrected chi connectivity index (χ4v) is 5.22. The molecule has 3 unspecified atom stereocenters. The first-order valence-electron chi connectivity index (χ1n) is 8.66. The Balaban J connectivity index is 1.60. The Morgan fingerprint density at radius 2 is 2.12 bits per heavy atom. The summed E-state index contributed by atoms with van der Waals surface area (Å²) in [6.45, 7) is 2.27. The lowest BCUT2D eigenvalue weighted by atomic mass is 10.1. The Morgan fingerprint density at radius 1 is 1.35 bits per heavy atom. The van der Waals surface area contributed by atoms with Crippen LogP contribution in [0.3, 0.4) is 0 Å². The Hall–Kier alpha value is -2.40. The topological polar surface area (TPSA) is 107 Å². The second-order valence-corrected chi connectivity index (χ2v) is 9.04.